The number of hydrogen-bond acceptors (Lipinski definition) is 5. The minimum Gasteiger partial charge on any atom is -0.497 e. The maximum absolute atomic E-state index is 13.5. The molecule has 0 heterocycles. The van der Waals surface area contributed by atoms with Crippen LogP contribution in [0.1, 0.15) is 37.5 Å². The highest BCUT2D eigenvalue weighted by Crippen LogP contribution is 2.42. The van der Waals surface area contributed by atoms with E-state index in [0.29, 0.717) is 11.3 Å². The molecule has 1 atom stereocenters. The van der Waals surface area contributed by atoms with Crippen molar-refractivity contribution in [1.82, 2.24) is 5.32 Å². The molecule has 0 fully saturated rings. The zero-order valence-corrected chi connectivity index (χ0v) is 20.5. The van der Waals surface area contributed by atoms with Crippen LogP contribution in [0.15, 0.2) is 40.9 Å². The highest BCUT2D eigenvalue weighted by molar-refractivity contribution is 9.10. The van der Waals surface area contributed by atoms with E-state index in [9.17, 15) is 27.9 Å². The highest BCUT2D eigenvalue weighted by atomic mass is 79.9. The van der Waals surface area contributed by atoms with Crippen molar-refractivity contribution in [3.05, 3.63) is 57.6 Å². The summed E-state index contributed by atoms with van der Waals surface area (Å²) in [4.78, 5) is 23.8. The number of alkyl halides is 3. The normalized spacial score (nSPS) is 12.6. The number of halogens is 4. The van der Waals surface area contributed by atoms with Crippen molar-refractivity contribution in [1.29, 1.82) is 0 Å². The van der Waals surface area contributed by atoms with Gasteiger partial charge in [0, 0.05) is 6.42 Å². The lowest BCUT2D eigenvalue weighted by Gasteiger charge is -2.23. The first-order chi connectivity index (χ1) is 15.7. The molecule has 34 heavy (non-hydrogen) atoms. The molecule has 0 aliphatic rings. The number of amides is 1. The molecule has 0 aromatic heterocycles. The Kier molecular flexibility index (Phi) is 8.82. The van der Waals surface area contributed by atoms with Crippen molar-refractivity contribution >= 4 is 28.0 Å². The number of carbonyl (C=O) groups is 2. The van der Waals surface area contributed by atoms with Crippen molar-refractivity contribution in [3.8, 4) is 11.5 Å². The van der Waals surface area contributed by atoms with Crippen LogP contribution in [0, 0.1) is 0 Å². The van der Waals surface area contributed by atoms with Crippen LogP contribution < -0.4 is 14.8 Å². The number of nitrogens with one attached hydrogen (secondary N) is 1. The predicted octanol–water partition coefficient (Wildman–Crippen LogP) is 5.58. The van der Waals surface area contributed by atoms with Gasteiger partial charge in [0.25, 0.3) is 0 Å². The summed E-state index contributed by atoms with van der Waals surface area (Å²) in [6.07, 6.45) is -5.98. The quantitative estimate of drug-likeness (QED) is 0.448. The molecule has 2 rings (SSSR count). The molecule has 7 nitrogen and oxygen atoms in total. The Balaban J connectivity index is 2.35. The van der Waals surface area contributed by atoms with Crippen LogP contribution in [0.4, 0.5) is 18.0 Å². The summed E-state index contributed by atoms with van der Waals surface area (Å²) < 4.78 is 55.9. The summed E-state index contributed by atoms with van der Waals surface area (Å²) in [5.41, 5.74) is -1.04. The predicted molar refractivity (Wildman–Crippen MR) is 121 cm³/mol. The number of hydrogen-bond donors (Lipinski definition) is 2. The molecule has 0 saturated carbocycles. The van der Waals surface area contributed by atoms with E-state index < -0.39 is 35.4 Å². The minimum absolute atomic E-state index is 0.0891. The second-order valence-electron chi connectivity index (χ2n) is 8.29. The number of benzene rings is 2. The number of carbonyl (C=O) groups excluding carboxylic acids is 1. The molecular weight excluding hydrogens is 523 g/mol. The third-order valence-electron chi connectivity index (χ3n) is 4.44. The van der Waals surface area contributed by atoms with Gasteiger partial charge < -0.3 is 24.6 Å². The Morgan fingerprint density at radius 1 is 1.09 bits per heavy atom. The van der Waals surface area contributed by atoms with E-state index in [-0.39, 0.29) is 28.8 Å². The first-order valence-corrected chi connectivity index (χ1v) is 10.9. The zero-order valence-electron chi connectivity index (χ0n) is 19.0. The van der Waals surface area contributed by atoms with Crippen molar-refractivity contribution in [3.63, 3.8) is 0 Å². The van der Waals surface area contributed by atoms with Crippen molar-refractivity contribution in [2.45, 2.75) is 51.6 Å². The fourth-order valence-corrected chi connectivity index (χ4v) is 3.60. The maximum Gasteiger partial charge on any atom is 0.417 e. The van der Waals surface area contributed by atoms with Gasteiger partial charge in [0.2, 0.25) is 0 Å². The van der Waals surface area contributed by atoms with E-state index in [1.54, 1.807) is 45.0 Å². The molecule has 186 valence electrons. The van der Waals surface area contributed by atoms with Crippen molar-refractivity contribution in [2.24, 2.45) is 0 Å². The fourth-order valence-electron chi connectivity index (χ4n) is 2.88. The Morgan fingerprint density at radius 2 is 1.71 bits per heavy atom. The van der Waals surface area contributed by atoms with Crippen LogP contribution in [0.25, 0.3) is 0 Å². The Morgan fingerprint density at radius 3 is 2.21 bits per heavy atom. The molecule has 1 unspecified atom stereocenters. The standard InChI is InChI=1S/C23H25BrF3NO6/c1-22(2,3)34-21(31)28-17(20(29)30)11-14-7-10-16(23(25,26)27)18(24)19(14)33-12-13-5-8-15(32-4)9-6-13/h5-10,17H,11-12H2,1-4H3,(H,28,31)(H,29,30). The number of rotatable bonds is 8. The molecule has 11 heteroatoms. The van der Waals surface area contributed by atoms with E-state index in [1.165, 1.54) is 7.11 Å². The van der Waals surface area contributed by atoms with Gasteiger partial charge in [-0.15, -0.1) is 0 Å². The van der Waals surface area contributed by atoms with Gasteiger partial charge in [-0.25, -0.2) is 9.59 Å². The average Bonchev–Trinajstić information content (AvgIpc) is 2.70. The largest absolute Gasteiger partial charge is 0.497 e. The first-order valence-electron chi connectivity index (χ1n) is 10.1. The molecule has 1 amide bonds. The molecule has 2 aromatic carbocycles. The number of aliphatic carboxylic acids is 1. The SMILES string of the molecule is COc1ccc(COc2c(CC(NC(=O)OC(C)(C)C)C(=O)O)ccc(C(F)(F)F)c2Br)cc1. The maximum atomic E-state index is 13.5. The lowest BCUT2D eigenvalue weighted by atomic mass is 10.0. The monoisotopic (exact) mass is 547 g/mol. The number of carboxylic acid groups (broad SMARTS) is 1. The molecule has 0 aliphatic heterocycles. The van der Waals surface area contributed by atoms with Gasteiger partial charge in [0.05, 0.1) is 17.1 Å². The first kappa shape index (κ1) is 27.3. The second-order valence-corrected chi connectivity index (χ2v) is 9.08. The summed E-state index contributed by atoms with van der Waals surface area (Å²) in [6, 6.07) is 7.20. The Labute approximate surface area is 203 Å². The lowest BCUT2D eigenvalue weighted by molar-refractivity contribution is -0.140. The van der Waals surface area contributed by atoms with Gasteiger partial charge >= 0.3 is 18.2 Å². The molecule has 0 aliphatic carbocycles. The summed E-state index contributed by atoms with van der Waals surface area (Å²) in [7, 11) is 1.50. The van der Waals surface area contributed by atoms with E-state index in [0.717, 1.165) is 12.1 Å². The van der Waals surface area contributed by atoms with Crippen molar-refractivity contribution < 1.29 is 42.1 Å². The number of methoxy groups -OCH3 is 1. The van der Waals surface area contributed by atoms with Gasteiger partial charge in [-0.1, -0.05) is 18.2 Å². The van der Waals surface area contributed by atoms with Gasteiger partial charge in [0.1, 0.15) is 29.7 Å². The van der Waals surface area contributed by atoms with E-state index >= 15 is 0 Å². The highest BCUT2D eigenvalue weighted by Gasteiger charge is 2.35. The third kappa shape index (κ3) is 7.82. The van der Waals surface area contributed by atoms with Crippen LogP contribution in [-0.2, 0) is 28.7 Å². The minimum atomic E-state index is -4.67. The van der Waals surface area contributed by atoms with Crippen LogP contribution in [0.5, 0.6) is 11.5 Å². The fraction of sp³-hybridized carbons (Fsp3) is 0.391. The summed E-state index contributed by atoms with van der Waals surface area (Å²) in [5, 5.41) is 11.8. The van der Waals surface area contributed by atoms with Gasteiger partial charge in [-0.2, -0.15) is 13.2 Å². The Hall–Kier alpha value is -2.95. The van der Waals surface area contributed by atoms with Crippen LogP contribution in [0.3, 0.4) is 0 Å². The molecule has 0 saturated heterocycles. The topological polar surface area (TPSA) is 94.1 Å². The molecular formula is C23H25BrF3NO6. The summed E-state index contributed by atoms with van der Waals surface area (Å²) in [5.74, 6) is -0.965. The Bertz CT molecular complexity index is 1020. The van der Waals surface area contributed by atoms with E-state index in [1.807, 2.05) is 0 Å². The molecule has 0 radical (unpaired) electrons. The second kappa shape index (κ2) is 11.0. The van der Waals surface area contributed by atoms with Crippen LogP contribution >= 0.6 is 15.9 Å². The zero-order chi connectivity index (χ0) is 25.7. The smallest absolute Gasteiger partial charge is 0.417 e. The number of carboxylic acids is 1. The third-order valence-corrected chi connectivity index (χ3v) is 5.23. The lowest BCUT2D eigenvalue weighted by Crippen LogP contribution is -2.44. The molecule has 2 aromatic rings. The average molecular weight is 548 g/mol. The van der Waals surface area contributed by atoms with Crippen molar-refractivity contribution in [2.75, 3.05) is 7.11 Å². The molecule has 0 bridgehead atoms. The van der Waals surface area contributed by atoms with E-state index in [4.69, 9.17) is 14.2 Å². The molecule has 0 spiro atoms. The van der Waals surface area contributed by atoms with Gasteiger partial charge in [0.15, 0.2) is 0 Å². The number of alkyl carbamates (subject to hydrolysis) is 1. The van der Waals surface area contributed by atoms with Gasteiger partial charge in [-0.3, -0.25) is 0 Å². The van der Waals surface area contributed by atoms with Gasteiger partial charge in [-0.05, 0) is 66.0 Å². The van der Waals surface area contributed by atoms with Crippen LogP contribution in [-0.4, -0.2) is 35.9 Å². The number of ether oxygens (including phenoxy) is 3. The van der Waals surface area contributed by atoms with Crippen LogP contribution in [0.2, 0.25) is 0 Å². The molecule has 2 N–H and O–H groups in total. The van der Waals surface area contributed by atoms with E-state index in [2.05, 4.69) is 21.2 Å². The summed E-state index contributed by atoms with van der Waals surface area (Å²) in [6.45, 7) is 4.75. The summed E-state index contributed by atoms with van der Waals surface area (Å²) >= 11 is 2.96.